The van der Waals surface area contributed by atoms with Gasteiger partial charge in [0.1, 0.15) is 12.6 Å². The van der Waals surface area contributed by atoms with Crippen molar-refractivity contribution in [1.29, 1.82) is 0 Å². The molecule has 1 unspecified atom stereocenters. The molecule has 1 aliphatic rings. The summed E-state index contributed by atoms with van der Waals surface area (Å²) in [6.45, 7) is 3.43. The Labute approximate surface area is 272 Å². The Kier molecular flexibility index (Phi) is 18.8. The van der Waals surface area contributed by atoms with E-state index >= 15 is 0 Å². The summed E-state index contributed by atoms with van der Waals surface area (Å²) in [5, 5.41) is 56.8. The number of carbonyl (C=O) groups excluding carboxylic acids is 2. The van der Waals surface area contributed by atoms with Crippen LogP contribution in [0.2, 0.25) is 0 Å². The number of rotatable bonds is 18. The third-order valence-corrected chi connectivity index (χ3v) is 7.33. The second-order valence-electron chi connectivity index (χ2n) is 11.3. The molecule has 0 spiro atoms. The van der Waals surface area contributed by atoms with Crippen molar-refractivity contribution in [3.63, 3.8) is 0 Å². The van der Waals surface area contributed by atoms with Gasteiger partial charge in [-0.15, -0.1) is 0 Å². The van der Waals surface area contributed by atoms with Gasteiger partial charge in [-0.2, -0.15) is 0 Å². The van der Waals surface area contributed by atoms with Crippen molar-refractivity contribution in [1.82, 2.24) is 40.7 Å². The highest BCUT2D eigenvalue weighted by atomic mass is 16.4. The van der Waals surface area contributed by atoms with E-state index in [0.29, 0.717) is 52.2 Å². The van der Waals surface area contributed by atoms with Gasteiger partial charge in [-0.1, -0.05) is 0 Å². The van der Waals surface area contributed by atoms with E-state index in [1.54, 1.807) is 21.6 Å². The lowest BCUT2D eigenvalue weighted by atomic mass is 10.1. The molecule has 0 aromatic rings. The van der Waals surface area contributed by atoms with Crippen LogP contribution in [0, 0.1) is 0 Å². The maximum Gasteiger partial charge on any atom is 0.326 e. The Morgan fingerprint density at radius 2 is 1.11 bits per heavy atom. The van der Waals surface area contributed by atoms with Crippen molar-refractivity contribution in [2.75, 3.05) is 92.1 Å². The summed E-state index contributed by atoms with van der Waals surface area (Å²) in [4.78, 5) is 85.7. The van der Waals surface area contributed by atoms with Gasteiger partial charge >= 0.3 is 35.9 Å². The minimum absolute atomic E-state index is 0.217. The topological polar surface area (TPSA) is 273 Å². The molecule has 20 heteroatoms. The Bertz CT molecular complexity index is 1050. The number of nitrogens with zero attached hydrogens (tertiary/aromatic N) is 5. The van der Waals surface area contributed by atoms with Crippen molar-refractivity contribution in [2.24, 2.45) is 0 Å². The molecule has 0 aromatic heterocycles. The predicted octanol–water partition coefficient (Wildman–Crippen LogP) is -3.18. The van der Waals surface area contributed by atoms with Crippen molar-refractivity contribution >= 4 is 41.8 Å². The lowest BCUT2D eigenvalue weighted by molar-refractivity contribution is -0.141. The number of carboxylic acid groups (broad SMARTS) is 5. The van der Waals surface area contributed by atoms with E-state index in [-0.39, 0.29) is 51.6 Å². The second kappa shape index (κ2) is 21.6. The molecule has 1 aliphatic heterocycles. The number of hydrogen-bond donors (Lipinski definition) is 8. The fraction of sp³-hybridized carbons (Fsp3) is 0.741. The highest BCUT2D eigenvalue weighted by Gasteiger charge is 2.24. The van der Waals surface area contributed by atoms with Crippen molar-refractivity contribution < 1.29 is 59.1 Å². The molecular formula is C27H48N8O12. The number of amides is 3. The first kappa shape index (κ1) is 40.9. The maximum atomic E-state index is 12.5. The van der Waals surface area contributed by atoms with E-state index in [0.717, 1.165) is 0 Å². The van der Waals surface area contributed by atoms with Crippen LogP contribution in [0.25, 0.3) is 0 Å². The molecule has 0 radical (unpaired) electrons. The largest absolute Gasteiger partial charge is 0.480 e. The average Bonchev–Trinajstić information content (AvgIpc) is 2.96. The van der Waals surface area contributed by atoms with E-state index in [1.807, 2.05) is 22.4 Å². The molecular weight excluding hydrogens is 628 g/mol. The van der Waals surface area contributed by atoms with Crippen molar-refractivity contribution in [3.8, 4) is 0 Å². The molecule has 0 saturated carbocycles. The molecule has 3 amide bonds. The molecule has 2 atom stereocenters. The Morgan fingerprint density at radius 1 is 0.660 bits per heavy atom. The molecule has 1 rings (SSSR count). The zero-order chi connectivity index (χ0) is 35.5. The zero-order valence-corrected chi connectivity index (χ0v) is 26.8. The van der Waals surface area contributed by atoms with Crippen LogP contribution in [0.1, 0.15) is 26.2 Å². The molecule has 1 heterocycles. The quantitative estimate of drug-likeness (QED) is 0.0711. The number of aliphatic carboxylic acids is 5. The second-order valence-corrected chi connectivity index (χ2v) is 11.3. The van der Waals surface area contributed by atoms with E-state index in [2.05, 4.69) is 10.6 Å². The van der Waals surface area contributed by atoms with E-state index in [9.17, 15) is 54.0 Å². The normalized spacial score (nSPS) is 17.4. The van der Waals surface area contributed by atoms with Gasteiger partial charge in [-0.3, -0.25) is 38.7 Å². The molecule has 1 saturated heterocycles. The van der Waals surface area contributed by atoms with Gasteiger partial charge in [0.2, 0.25) is 5.91 Å². The van der Waals surface area contributed by atoms with Gasteiger partial charge in [0.15, 0.2) is 0 Å². The predicted molar refractivity (Wildman–Crippen MR) is 163 cm³/mol. The summed E-state index contributed by atoms with van der Waals surface area (Å²) in [5.41, 5.74) is 0. The number of hydrazine groups is 1. The minimum Gasteiger partial charge on any atom is -0.480 e. The first-order valence-electron chi connectivity index (χ1n) is 15.1. The smallest absolute Gasteiger partial charge is 0.326 e. The zero-order valence-electron chi connectivity index (χ0n) is 26.8. The van der Waals surface area contributed by atoms with Gasteiger partial charge in [-0.05, 0) is 19.8 Å². The van der Waals surface area contributed by atoms with Crippen LogP contribution in [0.15, 0.2) is 0 Å². The molecule has 1 fully saturated rings. The Morgan fingerprint density at radius 3 is 1.51 bits per heavy atom. The fourth-order valence-corrected chi connectivity index (χ4v) is 4.76. The van der Waals surface area contributed by atoms with Crippen LogP contribution in [-0.4, -0.2) is 196 Å². The minimum atomic E-state index is -1.41. The van der Waals surface area contributed by atoms with Crippen LogP contribution in [-0.2, 0) is 28.8 Å². The van der Waals surface area contributed by atoms with E-state index in [1.165, 1.54) is 0 Å². The number of carbonyl (C=O) groups is 7. The Balaban J connectivity index is 2.79. The van der Waals surface area contributed by atoms with Crippen LogP contribution < -0.4 is 16.0 Å². The summed E-state index contributed by atoms with van der Waals surface area (Å²) in [5.74, 6) is -6.22. The average molecular weight is 677 g/mol. The number of hydrogen-bond acceptors (Lipinski definition) is 12. The summed E-state index contributed by atoms with van der Waals surface area (Å²) in [6.07, 6.45) is 0.0276. The van der Waals surface area contributed by atoms with Crippen molar-refractivity contribution in [3.05, 3.63) is 0 Å². The molecule has 47 heavy (non-hydrogen) atoms. The maximum absolute atomic E-state index is 12.5. The van der Waals surface area contributed by atoms with Gasteiger partial charge in [-0.25, -0.2) is 19.6 Å². The monoisotopic (exact) mass is 676 g/mol. The first-order valence-corrected chi connectivity index (χ1v) is 15.1. The van der Waals surface area contributed by atoms with Gasteiger partial charge < -0.3 is 41.5 Å². The standard InChI is InChI=1S/C27H48N8O12/c1-19(29-21(36)4-3-20(26(45)46)30-27(47)28-15-22(37)38)5-6-31(2)35-13-11-33(17-24(41)42)9-7-32(16-23(39)40)8-10-34(12-14-35)18-25(43)44/h19-20H,3-18H2,1-2H3,(H,29,36)(H,37,38)(H,39,40)(H,41,42)(H,43,44)(H,45,46)(H2,28,30,47)/t19?,20-/m0/s1. The highest BCUT2D eigenvalue weighted by molar-refractivity contribution is 5.85. The van der Waals surface area contributed by atoms with E-state index in [4.69, 9.17) is 5.11 Å². The van der Waals surface area contributed by atoms with Gasteiger partial charge in [0.25, 0.3) is 0 Å². The van der Waals surface area contributed by atoms with Gasteiger partial charge in [0, 0.05) is 78.4 Å². The van der Waals surface area contributed by atoms with Gasteiger partial charge in [0.05, 0.1) is 19.6 Å². The summed E-state index contributed by atoms with van der Waals surface area (Å²) in [6, 6.07) is -2.73. The SMILES string of the molecule is CC(CCN(C)N1CCN(CC(=O)O)CCN(CC(=O)O)CCN(CC(=O)O)CC1)NC(=O)CC[C@H](NC(=O)NCC(=O)O)C(=O)O. The van der Waals surface area contributed by atoms with Crippen LogP contribution in [0.4, 0.5) is 4.79 Å². The van der Waals surface area contributed by atoms with Crippen LogP contribution in [0.5, 0.6) is 0 Å². The molecule has 0 bridgehead atoms. The number of urea groups is 1. The lowest BCUT2D eigenvalue weighted by Gasteiger charge is -2.37. The lowest BCUT2D eigenvalue weighted by Crippen LogP contribution is -2.52. The molecule has 268 valence electrons. The van der Waals surface area contributed by atoms with E-state index < -0.39 is 54.4 Å². The first-order chi connectivity index (χ1) is 22.0. The molecule has 20 nitrogen and oxygen atoms in total. The molecule has 0 aromatic carbocycles. The summed E-state index contributed by atoms with van der Waals surface area (Å²) >= 11 is 0. The third-order valence-electron chi connectivity index (χ3n) is 7.33. The fourth-order valence-electron chi connectivity index (χ4n) is 4.76. The van der Waals surface area contributed by atoms with Crippen LogP contribution >= 0.6 is 0 Å². The highest BCUT2D eigenvalue weighted by Crippen LogP contribution is 2.06. The molecule has 0 aliphatic carbocycles. The number of nitrogens with one attached hydrogen (secondary N) is 3. The third kappa shape index (κ3) is 19.2. The van der Waals surface area contributed by atoms with Crippen molar-refractivity contribution in [2.45, 2.75) is 38.3 Å². The number of carboxylic acids is 5. The van der Waals surface area contributed by atoms with Crippen LogP contribution in [0.3, 0.4) is 0 Å². The summed E-state index contributed by atoms with van der Waals surface area (Å²) < 4.78 is 0. The summed E-state index contributed by atoms with van der Waals surface area (Å²) in [7, 11) is 1.82. The molecule has 8 N–H and O–H groups in total. The Hall–Kier alpha value is -4.11.